The third-order valence-electron chi connectivity index (χ3n) is 7.67. The van der Waals surface area contributed by atoms with Gasteiger partial charge in [-0.25, -0.2) is 24.2 Å². The molecule has 0 atom stereocenters. The number of ether oxygens (including phenoxy) is 4. The maximum Gasteiger partial charge on any atom is 0.509 e. The highest BCUT2D eigenvalue weighted by molar-refractivity contribution is 6.13. The molecule has 0 unspecified atom stereocenters. The first-order valence-corrected chi connectivity index (χ1v) is 16.7. The van der Waals surface area contributed by atoms with Crippen LogP contribution in [0.5, 0.6) is 0 Å². The van der Waals surface area contributed by atoms with Crippen molar-refractivity contribution in [3.63, 3.8) is 0 Å². The molecule has 276 valence electrons. The van der Waals surface area contributed by atoms with E-state index in [4.69, 9.17) is 18.9 Å². The molecular weight excluding hydrogens is 640 g/mol. The van der Waals surface area contributed by atoms with Crippen molar-refractivity contribution in [2.75, 3.05) is 9.80 Å². The van der Waals surface area contributed by atoms with E-state index in [2.05, 4.69) is 0 Å². The lowest BCUT2D eigenvalue weighted by Crippen LogP contribution is -2.41. The fourth-order valence-corrected chi connectivity index (χ4v) is 5.66. The molecular formula is C39H56N2O9. The van der Waals surface area contributed by atoms with Gasteiger partial charge < -0.3 is 18.9 Å². The molecule has 2 rings (SSSR count). The summed E-state index contributed by atoms with van der Waals surface area (Å²) in [6, 6.07) is 7.37. The Kier molecular flexibility index (Phi) is 12.7. The number of hydrogen-bond acceptors (Lipinski definition) is 9. The minimum absolute atomic E-state index is 0.258. The molecule has 0 saturated carbocycles. The first kappa shape index (κ1) is 41.8. The Morgan fingerprint density at radius 2 is 0.820 bits per heavy atom. The number of carbonyl (C=O) groups excluding carboxylic acids is 5. The summed E-state index contributed by atoms with van der Waals surface area (Å²) in [5.41, 5.74) is 1.45. The van der Waals surface area contributed by atoms with Crippen molar-refractivity contribution in [3.05, 3.63) is 57.6 Å². The summed E-state index contributed by atoms with van der Waals surface area (Å²) >= 11 is 0. The van der Waals surface area contributed by atoms with Crippen LogP contribution in [-0.4, -0.2) is 52.6 Å². The molecule has 0 fully saturated rings. The predicted octanol–water partition coefficient (Wildman–Crippen LogP) is 8.99. The van der Waals surface area contributed by atoms with Crippen molar-refractivity contribution in [1.82, 2.24) is 0 Å². The Bertz CT molecular complexity index is 1520. The first-order chi connectivity index (χ1) is 22.6. The van der Waals surface area contributed by atoms with Gasteiger partial charge in [0.2, 0.25) is 11.8 Å². The van der Waals surface area contributed by atoms with Crippen molar-refractivity contribution in [2.45, 2.75) is 146 Å². The van der Waals surface area contributed by atoms with Crippen LogP contribution in [0.2, 0.25) is 0 Å². The molecule has 0 spiro atoms. The van der Waals surface area contributed by atoms with E-state index in [1.54, 1.807) is 83.1 Å². The van der Waals surface area contributed by atoms with Gasteiger partial charge >= 0.3 is 18.3 Å². The van der Waals surface area contributed by atoms with Gasteiger partial charge in [0, 0.05) is 26.7 Å². The van der Waals surface area contributed by atoms with Gasteiger partial charge in [-0.3, -0.25) is 9.59 Å². The molecule has 11 nitrogen and oxygen atoms in total. The van der Waals surface area contributed by atoms with Gasteiger partial charge in [0.05, 0.1) is 11.4 Å². The van der Waals surface area contributed by atoms with E-state index in [0.717, 1.165) is 20.9 Å². The Morgan fingerprint density at radius 3 is 1.08 bits per heavy atom. The summed E-state index contributed by atoms with van der Waals surface area (Å²) in [7, 11) is 0. The molecule has 2 aromatic carbocycles. The molecule has 0 radical (unpaired) electrons. The molecule has 0 saturated heterocycles. The Labute approximate surface area is 297 Å². The van der Waals surface area contributed by atoms with E-state index in [9.17, 15) is 24.0 Å². The number of nitrogens with zero attached hydrogens (tertiary/aromatic N) is 2. The van der Waals surface area contributed by atoms with Gasteiger partial charge in [-0.1, -0.05) is 24.3 Å². The Morgan fingerprint density at radius 1 is 0.520 bits per heavy atom. The fourth-order valence-electron chi connectivity index (χ4n) is 5.66. The molecule has 0 heterocycles. The molecule has 0 aliphatic carbocycles. The molecule has 2 aromatic rings. The van der Waals surface area contributed by atoms with Gasteiger partial charge in [0.1, 0.15) is 22.4 Å². The van der Waals surface area contributed by atoms with E-state index in [-0.39, 0.29) is 12.8 Å². The van der Waals surface area contributed by atoms with E-state index in [1.807, 2.05) is 38.1 Å². The van der Waals surface area contributed by atoms with Crippen LogP contribution in [0.3, 0.4) is 0 Å². The zero-order chi connectivity index (χ0) is 38.7. The summed E-state index contributed by atoms with van der Waals surface area (Å²) in [6.07, 6.45) is -1.91. The first-order valence-electron chi connectivity index (χ1n) is 16.7. The van der Waals surface area contributed by atoms with Crippen LogP contribution in [0.4, 0.5) is 25.8 Å². The topological polar surface area (TPSA) is 129 Å². The lowest BCUT2D eigenvalue weighted by molar-refractivity contribution is -0.117. The second-order valence-electron chi connectivity index (χ2n) is 16.0. The number of rotatable bonds is 8. The Hall–Kier alpha value is -4.41. The zero-order valence-corrected chi connectivity index (χ0v) is 32.8. The number of amides is 4. The smallest absolute Gasteiger partial charge is 0.443 e. The monoisotopic (exact) mass is 696 g/mol. The molecule has 0 aliphatic rings. The number of anilines is 2. The number of aryl methyl sites for hydroxylation is 2. The third kappa shape index (κ3) is 11.3. The summed E-state index contributed by atoms with van der Waals surface area (Å²) in [5, 5.41) is 0. The standard InChI is InChI=1S/C39H56N2O9/c1-23-17-19-29(25(3)31(23)40(27(5)42)33(44)47-36(7,8)9)21-38(13,14)49-35(46)50-39(15,16)22-30-20-18-24(2)32(26(30)4)41(28(6)43)34(45)48-37(10,11)12/h17-20H,21-22H2,1-16H3. The van der Waals surface area contributed by atoms with Gasteiger partial charge in [0.15, 0.2) is 0 Å². The SMILES string of the molecule is CC(=O)N(C(=O)OC(C)(C)C)c1c(C)ccc(CC(C)(C)OC(=O)OC(C)(C)Cc2ccc(C)c(N(C(C)=O)C(=O)OC(C)(C)C)c2C)c1C. The quantitative estimate of drug-likeness (QED) is 0.196. The van der Waals surface area contributed by atoms with Crippen molar-refractivity contribution in [2.24, 2.45) is 0 Å². The molecule has 0 N–H and O–H groups in total. The van der Waals surface area contributed by atoms with Gasteiger partial charge in [-0.05, 0) is 130 Å². The summed E-state index contributed by atoms with van der Waals surface area (Å²) < 4.78 is 22.7. The number of benzene rings is 2. The number of hydrogen-bond donors (Lipinski definition) is 0. The van der Waals surface area contributed by atoms with Crippen LogP contribution >= 0.6 is 0 Å². The molecule has 4 amide bonds. The molecule has 11 heteroatoms. The van der Waals surface area contributed by atoms with E-state index < -0.39 is 52.6 Å². The number of imide groups is 2. The van der Waals surface area contributed by atoms with Gasteiger partial charge in [-0.15, -0.1) is 0 Å². The van der Waals surface area contributed by atoms with Crippen molar-refractivity contribution < 1.29 is 42.9 Å². The average molecular weight is 697 g/mol. The lowest BCUT2D eigenvalue weighted by atomic mass is 9.92. The summed E-state index contributed by atoms with van der Waals surface area (Å²) in [4.78, 5) is 66.8. The normalized spacial score (nSPS) is 12.2. The van der Waals surface area contributed by atoms with Crippen molar-refractivity contribution in [3.8, 4) is 0 Å². The lowest BCUT2D eigenvalue weighted by Gasteiger charge is -2.32. The third-order valence-corrected chi connectivity index (χ3v) is 7.67. The Balaban J connectivity index is 2.31. The van der Waals surface area contributed by atoms with E-state index in [1.165, 1.54) is 13.8 Å². The summed E-state index contributed by atoms with van der Waals surface area (Å²) in [6.45, 7) is 27.2. The van der Waals surface area contributed by atoms with Crippen molar-refractivity contribution >= 4 is 41.5 Å². The zero-order valence-electron chi connectivity index (χ0n) is 32.8. The molecule has 50 heavy (non-hydrogen) atoms. The van der Waals surface area contributed by atoms with Crippen LogP contribution in [0.15, 0.2) is 24.3 Å². The minimum Gasteiger partial charge on any atom is -0.443 e. The fraction of sp³-hybridized carbons (Fsp3) is 0.564. The van der Waals surface area contributed by atoms with Crippen molar-refractivity contribution in [1.29, 1.82) is 0 Å². The van der Waals surface area contributed by atoms with Crippen LogP contribution in [-0.2, 0) is 41.4 Å². The molecule has 0 aromatic heterocycles. The van der Waals surface area contributed by atoms with Gasteiger partial charge in [-0.2, -0.15) is 0 Å². The second-order valence-corrected chi connectivity index (χ2v) is 16.0. The van der Waals surface area contributed by atoms with Gasteiger partial charge in [0.25, 0.3) is 0 Å². The van der Waals surface area contributed by atoms with E-state index in [0.29, 0.717) is 33.6 Å². The predicted molar refractivity (Wildman–Crippen MR) is 194 cm³/mol. The molecule has 0 aliphatic heterocycles. The highest BCUT2D eigenvalue weighted by atomic mass is 16.7. The highest BCUT2D eigenvalue weighted by Gasteiger charge is 2.35. The van der Waals surface area contributed by atoms with E-state index >= 15 is 0 Å². The maximum absolute atomic E-state index is 13.2. The average Bonchev–Trinajstić information content (AvgIpc) is 2.88. The summed E-state index contributed by atoms with van der Waals surface area (Å²) in [5.74, 6) is -0.975. The second kappa shape index (κ2) is 15.2. The maximum atomic E-state index is 13.2. The highest BCUT2D eigenvalue weighted by Crippen LogP contribution is 2.34. The van der Waals surface area contributed by atoms with Crippen LogP contribution in [0, 0.1) is 27.7 Å². The number of carbonyl (C=O) groups is 5. The largest absolute Gasteiger partial charge is 0.509 e. The van der Waals surface area contributed by atoms with Crippen LogP contribution < -0.4 is 9.80 Å². The minimum atomic E-state index is -1.04. The molecule has 0 bridgehead atoms. The van der Waals surface area contributed by atoms with Crippen LogP contribution in [0.25, 0.3) is 0 Å². The van der Waals surface area contributed by atoms with Crippen LogP contribution in [0.1, 0.15) is 116 Å².